The van der Waals surface area contributed by atoms with Crippen molar-refractivity contribution in [1.82, 2.24) is 29.7 Å². The SMILES string of the molecule is Cn1ncc2c(NCCNc3cccnc3)nc(-c3ccncc3)nc21. The maximum absolute atomic E-state index is 4.69. The topological polar surface area (TPSA) is 93.4 Å². The first kappa shape index (κ1) is 15.9. The van der Waals surface area contributed by atoms with Crippen molar-refractivity contribution in [3.63, 3.8) is 0 Å². The number of anilines is 2. The molecule has 130 valence electrons. The Morgan fingerprint density at radius 1 is 0.923 bits per heavy atom. The first-order valence-corrected chi connectivity index (χ1v) is 8.29. The zero-order chi connectivity index (χ0) is 17.8. The number of rotatable bonds is 6. The molecule has 0 saturated heterocycles. The fourth-order valence-electron chi connectivity index (χ4n) is 2.64. The quantitative estimate of drug-likeness (QED) is 0.518. The molecule has 0 aliphatic carbocycles. The fourth-order valence-corrected chi connectivity index (χ4v) is 2.64. The summed E-state index contributed by atoms with van der Waals surface area (Å²) in [6.45, 7) is 1.44. The van der Waals surface area contributed by atoms with Gasteiger partial charge in [-0.25, -0.2) is 9.97 Å². The highest BCUT2D eigenvalue weighted by molar-refractivity contribution is 5.88. The van der Waals surface area contributed by atoms with Gasteiger partial charge in [-0.1, -0.05) is 0 Å². The maximum Gasteiger partial charge on any atom is 0.164 e. The Balaban J connectivity index is 1.55. The Morgan fingerprint density at radius 2 is 1.77 bits per heavy atom. The summed E-state index contributed by atoms with van der Waals surface area (Å²) in [5.41, 5.74) is 2.69. The summed E-state index contributed by atoms with van der Waals surface area (Å²) < 4.78 is 1.75. The maximum atomic E-state index is 4.69. The van der Waals surface area contributed by atoms with Crippen LogP contribution in [0.4, 0.5) is 11.5 Å². The minimum atomic E-state index is 0.645. The number of aryl methyl sites for hydroxylation is 1. The molecular weight excluding hydrogens is 328 g/mol. The highest BCUT2D eigenvalue weighted by atomic mass is 15.3. The lowest BCUT2D eigenvalue weighted by Crippen LogP contribution is -2.15. The molecule has 0 aliphatic rings. The average molecular weight is 346 g/mol. The van der Waals surface area contributed by atoms with E-state index in [1.54, 1.807) is 35.7 Å². The molecule has 4 aromatic heterocycles. The van der Waals surface area contributed by atoms with Gasteiger partial charge in [-0.3, -0.25) is 14.6 Å². The van der Waals surface area contributed by atoms with Crippen molar-refractivity contribution in [2.45, 2.75) is 0 Å². The van der Waals surface area contributed by atoms with Crippen LogP contribution in [0.5, 0.6) is 0 Å². The van der Waals surface area contributed by atoms with Crippen LogP contribution in [0.2, 0.25) is 0 Å². The van der Waals surface area contributed by atoms with Gasteiger partial charge in [-0.15, -0.1) is 0 Å². The normalized spacial score (nSPS) is 10.8. The van der Waals surface area contributed by atoms with Crippen molar-refractivity contribution in [2.75, 3.05) is 23.7 Å². The molecule has 0 fully saturated rings. The van der Waals surface area contributed by atoms with E-state index in [4.69, 9.17) is 0 Å². The summed E-state index contributed by atoms with van der Waals surface area (Å²) in [6, 6.07) is 7.68. The van der Waals surface area contributed by atoms with Gasteiger partial charge in [0.25, 0.3) is 0 Å². The Hall–Kier alpha value is -3.55. The lowest BCUT2D eigenvalue weighted by atomic mass is 10.2. The van der Waals surface area contributed by atoms with Crippen LogP contribution in [0.3, 0.4) is 0 Å². The Bertz CT molecular complexity index is 998. The second-order valence-corrected chi connectivity index (χ2v) is 5.73. The molecule has 0 amide bonds. The van der Waals surface area contributed by atoms with Gasteiger partial charge in [-0.2, -0.15) is 5.10 Å². The van der Waals surface area contributed by atoms with Crippen molar-refractivity contribution in [2.24, 2.45) is 7.05 Å². The van der Waals surface area contributed by atoms with E-state index in [2.05, 4.69) is 35.7 Å². The largest absolute Gasteiger partial charge is 0.382 e. The van der Waals surface area contributed by atoms with E-state index in [-0.39, 0.29) is 0 Å². The van der Waals surface area contributed by atoms with E-state index in [9.17, 15) is 0 Å². The molecule has 0 bridgehead atoms. The Labute approximate surface area is 150 Å². The predicted molar refractivity (Wildman–Crippen MR) is 101 cm³/mol. The number of fused-ring (bicyclic) bond motifs is 1. The van der Waals surface area contributed by atoms with Gasteiger partial charge in [0.15, 0.2) is 11.5 Å². The van der Waals surface area contributed by atoms with Crippen LogP contribution in [0, 0.1) is 0 Å². The summed E-state index contributed by atoms with van der Waals surface area (Å²) in [5, 5.41) is 11.9. The second-order valence-electron chi connectivity index (χ2n) is 5.73. The molecule has 26 heavy (non-hydrogen) atoms. The van der Waals surface area contributed by atoms with Crippen LogP contribution >= 0.6 is 0 Å². The summed E-state index contributed by atoms with van der Waals surface area (Å²) in [7, 11) is 1.87. The van der Waals surface area contributed by atoms with Crippen LogP contribution in [0.25, 0.3) is 22.4 Å². The van der Waals surface area contributed by atoms with Crippen LogP contribution in [-0.2, 0) is 7.05 Å². The fraction of sp³-hybridized carbons (Fsp3) is 0.167. The average Bonchev–Trinajstić information content (AvgIpc) is 3.08. The van der Waals surface area contributed by atoms with E-state index in [1.165, 1.54) is 0 Å². The zero-order valence-corrected chi connectivity index (χ0v) is 14.3. The van der Waals surface area contributed by atoms with Gasteiger partial charge in [0.2, 0.25) is 0 Å². The summed E-state index contributed by atoms with van der Waals surface area (Å²) in [5.74, 6) is 1.41. The molecule has 0 aliphatic heterocycles. The number of hydrogen-bond donors (Lipinski definition) is 2. The molecule has 8 nitrogen and oxygen atoms in total. The molecule has 0 spiro atoms. The summed E-state index contributed by atoms with van der Waals surface area (Å²) in [4.78, 5) is 17.5. The van der Waals surface area contributed by atoms with Crippen molar-refractivity contribution in [3.05, 3.63) is 55.2 Å². The minimum Gasteiger partial charge on any atom is -0.382 e. The van der Waals surface area contributed by atoms with Crippen molar-refractivity contribution < 1.29 is 0 Å². The number of aromatic nitrogens is 6. The van der Waals surface area contributed by atoms with Gasteiger partial charge in [-0.05, 0) is 24.3 Å². The molecule has 8 heteroatoms. The molecule has 4 heterocycles. The van der Waals surface area contributed by atoms with Crippen molar-refractivity contribution in [1.29, 1.82) is 0 Å². The summed E-state index contributed by atoms with van der Waals surface area (Å²) in [6.07, 6.45) is 8.80. The van der Waals surface area contributed by atoms with Crippen LogP contribution in [0.1, 0.15) is 0 Å². The Kier molecular flexibility index (Phi) is 4.38. The van der Waals surface area contributed by atoms with E-state index in [0.29, 0.717) is 12.4 Å². The third kappa shape index (κ3) is 3.30. The zero-order valence-electron chi connectivity index (χ0n) is 14.3. The molecule has 0 atom stereocenters. The standard InChI is InChI=1S/C18H18N8/c1-26-18-15(12-23-26)17(22-10-9-21-14-3-2-6-20-11-14)24-16(25-18)13-4-7-19-8-5-13/h2-8,11-12,21H,9-10H2,1H3,(H,22,24,25). The minimum absolute atomic E-state index is 0.645. The smallest absolute Gasteiger partial charge is 0.164 e. The van der Waals surface area contributed by atoms with Gasteiger partial charge < -0.3 is 10.6 Å². The van der Waals surface area contributed by atoms with Gasteiger partial charge in [0.1, 0.15) is 5.82 Å². The molecule has 0 unspecified atom stereocenters. The van der Waals surface area contributed by atoms with Gasteiger partial charge in [0, 0.05) is 50.5 Å². The van der Waals surface area contributed by atoms with Crippen LogP contribution in [0.15, 0.2) is 55.2 Å². The van der Waals surface area contributed by atoms with Gasteiger partial charge >= 0.3 is 0 Å². The second kappa shape index (κ2) is 7.14. The Morgan fingerprint density at radius 3 is 2.58 bits per heavy atom. The van der Waals surface area contributed by atoms with E-state index in [1.807, 2.05) is 31.3 Å². The lowest BCUT2D eigenvalue weighted by Gasteiger charge is -2.10. The first-order valence-electron chi connectivity index (χ1n) is 8.29. The molecule has 0 saturated carbocycles. The monoisotopic (exact) mass is 346 g/mol. The third-order valence-electron chi connectivity index (χ3n) is 3.94. The van der Waals surface area contributed by atoms with Gasteiger partial charge in [0.05, 0.1) is 17.3 Å². The molecule has 2 N–H and O–H groups in total. The number of nitrogens with zero attached hydrogens (tertiary/aromatic N) is 6. The highest BCUT2D eigenvalue weighted by Crippen LogP contribution is 2.24. The number of nitrogens with one attached hydrogen (secondary N) is 2. The summed E-state index contributed by atoms with van der Waals surface area (Å²) >= 11 is 0. The molecule has 4 rings (SSSR count). The third-order valence-corrected chi connectivity index (χ3v) is 3.94. The first-order chi connectivity index (χ1) is 12.8. The molecule has 4 aromatic rings. The number of pyridine rings is 2. The molecular formula is C18H18N8. The molecule has 0 radical (unpaired) electrons. The lowest BCUT2D eigenvalue weighted by molar-refractivity contribution is 0.786. The van der Waals surface area contributed by atoms with Crippen molar-refractivity contribution in [3.8, 4) is 11.4 Å². The van der Waals surface area contributed by atoms with E-state index in [0.717, 1.165) is 34.6 Å². The predicted octanol–water partition coefficient (Wildman–Crippen LogP) is 2.34. The van der Waals surface area contributed by atoms with E-state index >= 15 is 0 Å². The number of hydrogen-bond acceptors (Lipinski definition) is 7. The highest BCUT2D eigenvalue weighted by Gasteiger charge is 2.12. The van der Waals surface area contributed by atoms with Crippen LogP contribution in [-0.4, -0.2) is 42.8 Å². The van der Waals surface area contributed by atoms with Crippen molar-refractivity contribution >= 4 is 22.5 Å². The van der Waals surface area contributed by atoms with Crippen LogP contribution < -0.4 is 10.6 Å². The molecule has 0 aromatic carbocycles. The van der Waals surface area contributed by atoms with E-state index < -0.39 is 0 Å².